The number of H-pyrrole nitrogens is 1. The van der Waals surface area contributed by atoms with Crippen LogP contribution < -0.4 is 0 Å². The number of ketones is 1. The van der Waals surface area contributed by atoms with Crippen LogP contribution in [0.2, 0.25) is 5.02 Å². The molecule has 0 radical (unpaired) electrons. The molecule has 6 heteroatoms. The zero-order valence-electron chi connectivity index (χ0n) is 9.95. The summed E-state index contributed by atoms with van der Waals surface area (Å²) in [7, 11) is 0. The molecule has 0 atom stereocenters. The fourth-order valence-electron chi connectivity index (χ4n) is 2.02. The van der Waals surface area contributed by atoms with Crippen LogP contribution in [-0.4, -0.2) is 15.8 Å². The third kappa shape index (κ3) is 2.13. The van der Waals surface area contributed by atoms with Crippen molar-refractivity contribution in [1.29, 1.82) is 0 Å². The minimum atomic E-state index is -0.639. The van der Waals surface area contributed by atoms with Gasteiger partial charge in [-0.3, -0.25) is 4.79 Å². The summed E-state index contributed by atoms with van der Waals surface area (Å²) in [4.78, 5) is 19.5. The fraction of sp³-hybridized carbons (Fsp3) is 0. The molecule has 3 aromatic rings. The van der Waals surface area contributed by atoms with Gasteiger partial charge in [-0.2, -0.15) is 0 Å². The molecule has 0 bridgehead atoms. The molecular weight excluding hydrogens is 347 g/mol. The summed E-state index contributed by atoms with van der Waals surface area (Å²) in [6, 6.07) is 5.91. The van der Waals surface area contributed by atoms with Crippen molar-refractivity contribution in [3.63, 3.8) is 0 Å². The first-order valence-electron chi connectivity index (χ1n) is 5.69. The van der Waals surface area contributed by atoms with Crippen LogP contribution in [0.1, 0.15) is 15.9 Å². The highest BCUT2D eigenvalue weighted by Crippen LogP contribution is 2.27. The van der Waals surface area contributed by atoms with Gasteiger partial charge in [0.1, 0.15) is 11.5 Å². The van der Waals surface area contributed by atoms with Crippen molar-refractivity contribution in [2.75, 3.05) is 0 Å². The molecule has 0 fully saturated rings. The average molecular weight is 354 g/mol. The largest absolute Gasteiger partial charge is 0.345 e. The Hall–Kier alpha value is -1.72. The maximum atomic E-state index is 13.8. The van der Waals surface area contributed by atoms with Crippen LogP contribution in [0.25, 0.3) is 11.0 Å². The summed E-state index contributed by atoms with van der Waals surface area (Å²) in [6.07, 6.45) is 3.12. The van der Waals surface area contributed by atoms with Crippen molar-refractivity contribution in [3.8, 4) is 0 Å². The lowest BCUT2D eigenvalue weighted by molar-refractivity contribution is 0.103. The smallest absolute Gasteiger partial charge is 0.199 e. The SMILES string of the molecule is O=C(c1c(F)cccc1Cl)c1c[nH]c2ncc(Br)cc12. The average Bonchev–Trinajstić information content (AvgIpc) is 2.81. The molecule has 0 aliphatic carbocycles. The Balaban J connectivity index is 2.21. The summed E-state index contributed by atoms with van der Waals surface area (Å²) in [6.45, 7) is 0. The van der Waals surface area contributed by atoms with E-state index in [1.54, 1.807) is 12.3 Å². The molecule has 0 amide bonds. The number of aromatic amines is 1. The lowest BCUT2D eigenvalue weighted by Gasteiger charge is -2.04. The number of nitrogens with one attached hydrogen (secondary N) is 1. The number of benzene rings is 1. The highest BCUT2D eigenvalue weighted by Gasteiger charge is 2.20. The van der Waals surface area contributed by atoms with Gasteiger partial charge >= 0.3 is 0 Å². The topological polar surface area (TPSA) is 45.8 Å². The molecule has 1 N–H and O–H groups in total. The predicted octanol–water partition coefficient (Wildman–Crippen LogP) is 4.35. The van der Waals surface area contributed by atoms with Gasteiger partial charge in [-0.15, -0.1) is 0 Å². The number of rotatable bonds is 2. The van der Waals surface area contributed by atoms with E-state index in [4.69, 9.17) is 11.6 Å². The summed E-state index contributed by atoms with van der Waals surface area (Å²) < 4.78 is 14.6. The van der Waals surface area contributed by atoms with Gasteiger partial charge in [-0.05, 0) is 34.1 Å². The van der Waals surface area contributed by atoms with Crippen molar-refractivity contribution in [2.24, 2.45) is 0 Å². The zero-order valence-corrected chi connectivity index (χ0v) is 12.3. The molecule has 0 spiro atoms. The second-order valence-corrected chi connectivity index (χ2v) is 5.50. The van der Waals surface area contributed by atoms with Crippen LogP contribution in [0.3, 0.4) is 0 Å². The summed E-state index contributed by atoms with van der Waals surface area (Å²) >= 11 is 9.23. The standard InChI is InChI=1S/C14H7BrClFN2O/c15-7-4-8-9(6-19-14(8)18-5-7)13(20)12-10(16)2-1-3-11(12)17/h1-6H,(H,18,19). The van der Waals surface area contributed by atoms with E-state index >= 15 is 0 Å². The number of carbonyl (C=O) groups excluding carboxylic acids is 1. The number of aromatic nitrogens is 2. The minimum absolute atomic E-state index is 0.0901. The molecule has 1 aromatic carbocycles. The van der Waals surface area contributed by atoms with Crippen LogP contribution in [0, 0.1) is 5.82 Å². The number of hydrogen-bond acceptors (Lipinski definition) is 2. The highest BCUT2D eigenvalue weighted by atomic mass is 79.9. The van der Waals surface area contributed by atoms with Gasteiger partial charge in [0.05, 0.1) is 10.6 Å². The van der Waals surface area contributed by atoms with E-state index in [9.17, 15) is 9.18 Å². The monoisotopic (exact) mass is 352 g/mol. The Labute approximate surface area is 126 Å². The second kappa shape index (κ2) is 5.00. The minimum Gasteiger partial charge on any atom is -0.345 e. The molecule has 0 saturated carbocycles. The molecule has 0 unspecified atom stereocenters. The van der Waals surface area contributed by atoms with E-state index in [0.717, 1.165) is 4.47 Å². The summed E-state index contributed by atoms with van der Waals surface area (Å²) in [5.41, 5.74) is 0.764. The number of carbonyl (C=O) groups is 1. The number of pyridine rings is 1. The highest BCUT2D eigenvalue weighted by molar-refractivity contribution is 9.10. The normalized spacial score (nSPS) is 10.9. The lowest BCUT2D eigenvalue weighted by atomic mass is 10.0. The van der Waals surface area contributed by atoms with E-state index < -0.39 is 11.6 Å². The second-order valence-electron chi connectivity index (χ2n) is 4.18. The summed E-state index contributed by atoms with van der Waals surface area (Å²) in [5, 5.41) is 0.705. The first-order chi connectivity index (χ1) is 9.58. The Kier molecular flexibility index (Phi) is 3.31. The first kappa shape index (κ1) is 13.3. The van der Waals surface area contributed by atoms with Crippen molar-refractivity contribution >= 4 is 44.3 Å². The third-order valence-electron chi connectivity index (χ3n) is 2.93. The molecule has 0 aliphatic rings. The maximum absolute atomic E-state index is 13.8. The molecule has 2 aromatic heterocycles. The molecule has 2 heterocycles. The van der Waals surface area contributed by atoms with Gasteiger partial charge in [-0.1, -0.05) is 17.7 Å². The Bertz CT molecular complexity index is 811. The van der Waals surface area contributed by atoms with Crippen LogP contribution in [0.5, 0.6) is 0 Å². The van der Waals surface area contributed by atoms with Crippen LogP contribution in [0.15, 0.2) is 41.1 Å². The molecule has 3 rings (SSSR count). The van der Waals surface area contributed by atoms with Crippen molar-refractivity contribution in [2.45, 2.75) is 0 Å². The Morgan fingerprint density at radius 2 is 2.20 bits per heavy atom. The molecule has 100 valence electrons. The van der Waals surface area contributed by atoms with E-state index in [1.165, 1.54) is 24.4 Å². The molecule has 3 nitrogen and oxygen atoms in total. The number of fused-ring (bicyclic) bond motifs is 1. The Morgan fingerprint density at radius 1 is 1.40 bits per heavy atom. The molecule has 20 heavy (non-hydrogen) atoms. The van der Waals surface area contributed by atoms with E-state index in [2.05, 4.69) is 25.9 Å². The predicted molar refractivity (Wildman–Crippen MR) is 78.6 cm³/mol. The fourth-order valence-corrected chi connectivity index (χ4v) is 2.60. The van der Waals surface area contributed by atoms with Gasteiger partial charge in [0.2, 0.25) is 0 Å². The number of nitrogens with zero attached hydrogens (tertiary/aromatic N) is 1. The quantitative estimate of drug-likeness (QED) is 0.696. The zero-order chi connectivity index (χ0) is 14.3. The van der Waals surface area contributed by atoms with Gasteiger partial charge in [0.25, 0.3) is 0 Å². The van der Waals surface area contributed by atoms with Crippen LogP contribution in [0.4, 0.5) is 4.39 Å². The van der Waals surface area contributed by atoms with Crippen molar-refractivity contribution < 1.29 is 9.18 Å². The maximum Gasteiger partial charge on any atom is 0.199 e. The lowest BCUT2D eigenvalue weighted by Crippen LogP contribution is -2.04. The van der Waals surface area contributed by atoms with E-state index in [1.807, 2.05) is 0 Å². The third-order valence-corrected chi connectivity index (χ3v) is 3.68. The molecular formula is C14H7BrClFN2O. The van der Waals surface area contributed by atoms with Crippen LogP contribution in [-0.2, 0) is 0 Å². The molecule has 0 aliphatic heterocycles. The van der Waals surface area contributed by atoms with Crippen LogP contribution >= 0.6 is 27.5 Å². The summed E-state index contributed by atoms with van der Waals surface area (Å²) in [5.74, 6) is -1.11. The van der Waals surface area contributed by atoms with Gasteiger partial charge in [-0.25, -0.2) is 9.37 Å². The van der Waals surface area contributed by atoms with E-state index in [-0.39, 0.29) is 10.6 Å². The van der Waals surface area contributed by atoms with Crippen molar-refractivity contribution in [1.82, 2.24) is 9.97 Å². The van der Waals surface area contributed by atoms with Crippen molar-refractivity contribution in [3.05, 3.63) is 63.1 Å². The molecule has 0 saturated heterocycles. The Morgan fingerprint density at radius 3 is 2.95 bits per heavy atom. The van der Waals surface area contributed by atoms with Gasteiger partial charge in [0.15, 0.2) is 5.78 Å². The number of halogens is 3. The number of hydrogen-bond donors (Lipinski definition) is 1. The van der Waals surface area contributed by atoms with Gasteiger partial charge in [0, 0.05) is 27.8 Å². The van der Waals surface area contributed by atoms with E-state index in [0.29, 0.717) is 16.6 Å². The van der Waals surface area contributed by atoms with Gasteiger partial charge < -0.3 is 4.98 Å². The first-order valence-corrected chi connectivity index (χ1v) is 6.86.